The van der Waals surface area contributed by atoms with E-state index in [2.05, 4.69) is 0 Å². The van der Waals surface area contributed by atoms with Crippen molar-refractivity contribution >= 4 is 17.0 Å². The molecule has 94 valence electrons. The minimum atomic E-state index is -0.327. The lowest BCUT2D eigenvalue weighted by molar-refractivity contribution is -0.644. The van der Waals surface area contributed by atoms with Crippen LogP contribution < -0.4 is 4.57 Å². The van der Waals surface area contributed by atoms with Crippen LogP contribution in [0.15, 0.2) is 36.5 Å². The van der Waals surface area contributed by atoms with Crippen molar-refractivity contribution in [3.63, 3.8) is 0 Å². The summed E-state index contributed by atoms with van der Waals surface area (Å²) in [5.74, 6) is 0. The minimum Gasteiger partial charge on any atom is -0.445 e. The van der Waals surface area contributed by atoms with Crippen molar-refractivity contribution in [1.29, 1.82) is 0 Å². The molecule has 0 bridgehead atoms. The van der Waals surface area contributed by atoms with Gasteiger partial charge in [-0.1, -0.05) is 12.1 Å². The Bertz CT molecular complexity index is 579. The van der Waals surface area contributed by atoms with Crippen molar-refractivity contribution in [3.05, 3.63) is 42.1 Å². The second-order valence-electron chi connectivity index (χ2n) is 4.42. The third kappa shape index (κ3) is 2.42. The van der Waals surface area contributed by atoms with Crippen molar-refractivity contribution < 1.29 is 14.1 Å². The molecular weight excluding hydrogens is 228 g/mol. The average molecular weight is 245 g/mol. The average Bonchev–Trinajstić information content (AvgIpc) is 2.38. The number of hydrogen-bond acceptors (Lipinski definition) is 2. The van der Waals surface area contributed by atoms with Gasteiger partial charge in [0.2, 0.25) is 5.52 Å². The van der Waals surface area contributed by atoms with E-state index in [9.17, 15) is 4.79 Å². The minimum absolute atomic E-state index is 0.290. The molecule has 4 nitrogen and oxygen atoms in total. The molecule has 0 unspecified atom stereocenters. The fourth-order valence-electron chi connectivity index (χ4n) is 1.82. The Morgan fingerprint density at radius 2 is 2.00 bits per heavy atom. The van der Waals surface area contributed by atoms with Crippen molar-refractivity contribution in [2.24, 2.45) is 7.05 Å². The van der Waals surface area contributed by atoms with Crippen LogP contribution in [0.25, 0.3) is 10.9 Å². The van der Waals surface area contributed by atoms with Crippen LogP contribution in [0.4, 0.5) is 4.79 Å². The molecular formula is C14H17N2O2+. The summed E-state index contributed by atoms with van der Waals surface area (Å²) in [5, 5.41) is 1.11. The van der Waals surface area contributed by atoms with Gasteiger partial charge in [-0.3, -0.25) is 0 Å². The van der Waals surface area contributed by atoms with E-state index in [0.29, 0.717) is 6.61 Å². The quantitative estimate of drug-likeness (QED) is 0.757. The van der Waals surface area contributed by atoms with E-state index < -0.39 is 0 Å². The van der Waals surface area contributed by atoms with Crippen LogP contribution in [0, 0.1) is 0 Å². The van der Waals surface area contributed by atoms with Crippen molar-refractivity contribution in [2.75, 3.05) is 14.1 Å². The highest BCUT2D eigenvalue weighted by Gasteiger charge is 2.11. The summed E-state index contributed by atoms with van der Waals surface area (Å²) in [4.78, 5) is 12.8. The summed E-state index contributed by atoms with van der Waals surface area (Å²) in [7, 11) is 5.34. The summed E-state index contributed by atoms with van der Waals surface area (Å²) in [6.07, 6.45) is 1.65. The number of aromatic nitrogens is 1. The van der Waals surface area contributed by atoms with Crippen molar-refractivity contribution in [2.45, 2.75) is 6.61 Å². The van der Waals surface area contributed by atoms with E-state index in [1.807, 2.05) is 48.1 Å². The molecule has 0 aliphatic heterocycles. The lowest BCUT2D eigenvalue weighted by Gasteiger charge is -2.11. The van der Waals surface area contributed by atoms with Gasteiger partial charge in [0.05, 0.1) is 5.39 Å². The van der Waals surface area contributed by atoms with Crippen molar-refractivity contribution in [3.8, 4) is 0 Å². The Balaban J connectivity index is 2.29. The van der Waals surface area contributed by atoms with E-state index in [4.69, 9.17) is 4.74 Å². The molecule has 1 aromatic carbocycles. The number of hydrogen-bond donors (Lipinski definition) is 0. The molecule has 0 spiro atoms. The van der Waals surface area contributed by atoms with E-state index >= 15 is 0 Å². The molecule has 0 atom stereocenters. The first-order valence-corrected chi connectivity index (χ1v) is 5.80. The smallest absolute Gasteiger partial charge is 0.409 e. The van der Waals surface area contributed by atoms with Crippen LogP contribution in [0.3, 0.4) is 0 Å². The second kappa shape index (κ2) is 5.04. The van der Waals surface area contributed by atoms with Crippen LogP contribution in [0.2, 0.25) is 0 Å². The molecule has 0 N–H and O–H groups in total. The number of fused-ring (bicyclic) bond motifs is 1. The van der Waals surface area contributed by atoms with Crippen LogP contribution in [0.5, 0.6) is 0 Å². The molecule has 1 heterocycles. The van der Waals surface area contributed by atoms with Crippen LogP contribution in [-0.4, -0.2) is 25.1 Å². The number of carbonyl (C=O) groups is 1. The Hall–Kier alpha value is -2.10. The van der Waals surface area contributed by atoms with Gasteiger partial charge < -0.3 is 9.64 Å². The van der Waals surface area contributed by atoms with E-state index in [0.717, 1.165) is 16.5 Å². The third-order valence-corrected chi connectivity index (χ3v) is 2.85. The van der Waals surface area contributed by atoms with E-state index in [1.54, 1.807) is 14.1 Å². The number of nitrogens with zero attached hydrogens (tertiary/aromatic N) is 2. The highest BCUT2D eigenvalue weighted by Crippen LogP contribution is 2.15. The molecule has 0 aliphatic carbocycles. The van der Waals surface area contributed by atoms with Gasteiger partial charge in [-0.15, -0.1) is 0 Å². The Labute approximate surface area is 106 Å². The first-order valence-electron chi connectivity index (χ1n) is 5.80. The normalized spacial score (nSPS) is 10.4. The molecule has 0 saturated heterocycles. The Morgan fingerprint density at radius 1 is 1.28 bits per heavy atom. The van der Waals surface area contributed by atoms with Gasteiger partial charge in [-0.2, -0.15) is 0 Å². The third-order valence-electron chi connectivity index (χ3n) is 2.85. The van der Waals surface area contributed by atoms with E-state index in [-0.39, 0.29) is 6.09 Å². The number of ether oxygens (including phenoxy) is 1. The number of para-hydroxylation sites is 1. The van der Waals surface area contributed by atoms with Gasteiger partial charge in [-0.25, -0.2) is 9.36 Å². The highest BCUT2D eigenvalue weighted by atomic mass is 16.6. The summed E-state index contributed by atoms with van der Waals surface area (Å²) in [6.45, 7) is 0.290. The molecule has 1 amide bonds. The zero-order chi connectivity index (χ0) is 13.1. The summed E-state index contributed by atoms with van der Waals surface area (Å²) >= 11 is 0. The van der Waals surface area contributed by atoms with Crippen LogP contribution >= 0.6 is 0 Å². The molecule has 4 heteroatoms. The van der Waals surface area contributed by atoms with Gasteiger partial charge in [0.1, 0.15) is 13.7 Å². The van der Waals surface area contributed by atoms with Gasteiger partial charge in [0.25, 0.3) is 0 Å². The zero-order valence-electron chi connectivity index (χ0n) is 10.9. The number of carbonyl (C=O) groups excluding carboxylic acids is 1. The van der Waals surface area contributed by atoms with Gasteiger partial charge in [0, 0.05) is 31.8 Å². The van der Waals surface area contributed by atoms with Crippen LogP contribution in [-0.2, 0) is 18.4 Å². The largest absolute Gasteiger partial charge is 0.445 e. The maximum atomic E-state index is 11.4. The molecule has 0 radical (unpaired) electrons. The number of benzene rings is 1. The molecule has 18 heavy (non-hydrogen) atoms. The zero-order valence-corrected chi connectivity index (χ0v) is 10.9. The van der Waals surface area contributed by atoms with Gasteiger partial charge >= 0.3 is 6.09 Å². The summed E-state index contributed by atoms with van der Waals surface area (Å²) < 4.78 is 7.26. The summed E-state index contributed by atoms with van der Waals surface area (Å²) in [6, 6.07) is 10.0. The predicted molar refractivity (Wildman–Crippen MR) is 69.0 cm³/mol. The molecule has 2 aromatic rings. The maximum Gasteiger partial charge on any atom is 0.409 e. The van der Waals surface area contributed by atoms with Crippen LogP contribution in [0.1, 0.15) is 5.56 Å². The number of amides is 1. The predicted octanol–water partition coefficient (Wildman–Crippen LogP) is 1.86. The Kier molecular flexibility index (Phi) is 3.46. The highest BCUT2D eigenvalue weighted by molar-refractivity contribution is 5.79. The topological polar surface area (TPSA) is 33.4 Å². The second-order valence-corrected chi connectivity index (χ2v) is 4.42. The fraction of sp³-hybridized carbons (Fsp3) is 0.286. The lowest BCUT2D eigenvalue weighted by atomic mass is 10.1. The Morgan fingerprint density at radius 3 is 2.72 bits per heavy atom. The van der Waals surface area contributed by atoms with Gasteiger partial charge in [0.15, 0.2) is 6.20 Å². The lowest BCUT2D eigenvalue weighted by Crippen LogP contribution is -2.28. The first-order chi connectivity index (χ1) is 8.59. The summed E-state index contributed by atoms with van der Waals surface area (Å²) in [5.41, 5.74) is 2.13. The first kappa shape index (κ1) is 12.4. The fourth-order valence-corrected chi connectivity index (χ4v) is 1.82. The van der Waals surface area contributed by atoms with E-state index in [1.165, 1.54) is 4.90 Å². The van der Waals surface area contributed by atoms with Gasteiger partial charge in [-0.05, 0) is 6.07 Å². The van der Waals surface area contributed by atoms with Crippen molar-refractivity contribution in [1.82, 2.24) is 4.90 Å². The molecule has 0 fully saturated rings. The monoisotopic (exact) mass is 245 g/mol. The molecule has 0 aliphatic rings. The molecule has 0 saturated carbocycles. The number of pyridine rings is 1. The molecule has 2 rings (SSSR count). The number of rotatable bonds is 2. The SMILES string of the molecule is CN(C)C(=O)OCc1cc[n+](C)c2ccccc12. The standard InChI is InChI=1S/C14H17N2O2/c1-15(2)14(17)18-10-11-8-9-16(3)13-7-5-4-6-12(11)13/h4-9H,10H2,1-3H3/q+1. The maximum absolute atomic E-state index is 11.4. The number of aryl methyl sites for hydroxylation is 1. The molecule has 1 aromatic heterocycles.